The molecule has 23 heavy (non-hydrogen) atoms. The van der Waals surface area contributed by atoms with Crippen LogP contribution in [0.25, 0.3) is 0 Å². The molecule has 0 saturated carbocycles. The van der Waals surface area contributed by atoms with Crippen molar-refractivity contribution in [1.82, 2.24) is 9.88 Å². The number of likely N-dealkylation sites (tertiary alicyclic amines) is 1. The van der Waals surface area contributed by atoms with Crippen molar-refractivity contribution in [1.29, 1.82) is 0 Å². The van der Waals surface area contributed by atoms with E-state index in [0.29, 0.717) is 17.6 Å². The molecule has 126 valence electrons. The van der Waals surface area contributed by atoms with Gasteiger partial charge in [0.2, 0.25) is 0 Å². The summed E-state index contributed by atoms with van der Waals surface area (Å²) in [6.07, 6.45) is 2.91. The zero-order valence-corrected chi connectivity index (χ0v) is 14.4. The van der Waals surface area contributed by atoms with E-state index in [0.717, 1.165) is 25.9 Å². The van der Waals surface area contributed by atoms with E-state index in [-0.39, 0.29) is 11.6 Å². The van der Waals surface area contributed by atoms with Gasteiger partial charge in [0, 0.05) is 25.0 Å². The Kier molecular flexibility index (Phi) is 6.15. The molecule has 7 heteroatoms. The number of carbonyl (C=O) groups excluding carboxylic acids is 2. The van der Waals surface area contributed by atoms with Gasteiger partial charge in [-0.2, -0.15) is 0 Å². The molecule has 0 radical (unpaired) electrons. The summed E-state index contributed by atoms with van der Waals surface area (Å²) in [5, 5.41) is 5.25. The number of hydrogen-bond acceptors (Lipinski definition) is 6. The number of hydrogen-bond donors (Lipinski definition) is 1. The van der Waals surface area contributed by atoms with Crippen LogP contribution in [0.1, 0.15) is 37.2 Å². The van der Waals surface area contributed by atoms with Gasteiger partial charge in [0.05, 0.1) is 0 Å². The van der Waals surface area contributed by atoms with E-state index < -0.39 is 12.1 Å². The van der Waals surface area contributed by atoms with Crippen LogP contribution in [0.4, 0.5) is 5.13 Å². The van der Waals surface area contributed by atoms with Crippen LogP contribution in [0, 0.1) is 5.92 Å². The summed E-state index contributed by atoms with van der Waals surface area (Å²) < 4.78 is 5.26. The van der Waals surface area contributed by atoms with Crippen LogP contribution in [0.2, 0.25) is 0 Å². The lowest BCUT2D eigenvalue weighted by molar-refractivity contribution is -0.141. The quantitative estimate of drug-likeness (QED) is 0.638. The van der Waals surface area contributed by atoms with Crippen LogP contribution in [-0.2, 0) is 9.53 Å². The Morgan fingerprint density at radius 1 is 1.57 bits per heavy atom. The third-order valence-electron chi connectivity index (χ3n) is 3.84. The Hall–Kier alpha value is -1.89. The first-order valence-electron chi connectivity index (χ1n) is 7.81. The highest BCUT2D eigenvalue weighted by atomic mass is 32.1. The van der Waals surface area contributed by atoms with E-state index >= 15 is 0 Å². The topological polar surface area (TPSA) is 71.5 Å². The monoisotopic (exact) mass is 337 g/mol. The van der Waals surface area contributed by atoms with Gasteiger partial charge in [-0.25, -0.2) is 9.78 Å². The summed E-state index contributed by atoms with van der Waals surface area (Å²) >= 11 is 1.32. The van der Waals surface area contributed by atoms with Crippen molar-refractivity contribution in [3.63, 3.8) is 0 Å². The predicted octanol–water partition coefficient (Wildman–Crippen LogP) is 2.54. The number of amides is 1. The number of anilines is 1. The highest BCUT2D eigenvalue weighted by molar-refractivity contribution is 7.13. The third kappa shape index (κ3) is 4.79. The van der Waals surface area contributed by atoms with E-state index in [9.17, 15) is 9.59 Å². The largest absolute Gasteiger partial charge is 0.448 e. The van der Waals surface area contributed by atoms with Crippen molar-refractivity contribution < 1.29 is 14.3 Å². The van der Waals surface area contributed by atoms with Crippen LogP contribution >= 0.6 is 11.3 Å². The molecule has 1 aliphatic rings. The van der Waals surface area contributed by atoms with Gasteiger partial charge in [0.25, 0.3) is 5.91 Å². The van der Waals surface area contributed by atoms with E-state index in [1.54, 1.807) is 23.3 Å². The standard InChI is InChI=1S/C16H23N3O3S/c1-4-7-17-16-18-13(10-23-16)15(21)22-12(3)14(20)19-8-5-11(2)6-9-19/h4,10-12H,1,5-9H2,2-3H3,(H,17,18)/t12-/m0/s1. The third-order valence-corrected chi connectivity index (χ3v) is 4.64. The lowest BCUT2D eigenvalue weighted by Crippen LogP contribution is -2.44. The maximum absolute atomic E-state index is 12.3. The molecular weight excluding hydrogens is 314 g/mol. The second-order valence-corrected chi connectivity index (χ2v) is 6.62. The Morgan fingerprint density at radius 2 is 2.26 bits per heavy atom. The van der Waals surface area contributed by atoms with E-state index in [1.807, 2.05) is 0 Å². The van der Waals surface area contributed by atoms with Gasteiger partial charge in [-0.1, -0.05) is 13.0 Å². The Labute approximate surface area is 140 Å². The number of piperidine rings is 1. The van der Waals surface area contributed by atoms with Crippen LogP contribution in [0.3, 0.4) is 0 Å². The van der Waals surface area contributed by atoms with Crippen LogP contribution in [0.5, 0.6) is 0 Å². The summed E-state index contributed by atoms with van der Waals surface area (Å²) in [6.45, 7) is 9.44. The SMILES string of the molecule is C=CCNc1nc(C(=O)O[C@@H](C)C(=O)N2CCC(C)CC2)cs1. The summed E-state index contributed by atoms with van der Waals surface area (Å²) in [4.78, 5) is 30.3. The van der Waals surface area contributed by atoms with Crippen molar-refractivity contribution in [2.24, 2.45) is 5.92 Å². The van der Waals surface area contributed by atoms with Crippen LogP contribution < -0.4 is 5.32 Å². The first-order valence-corrected chi connectivity index (χ1v) is 8.69. The van der Waals surface area contributed by atoms with Crippen LogP contribution in [0.15, 0.2) is 18.0 Å². The molecule has 1 atom stereocenters. The lowest BCUT2D eigenvalue weighted by Gasteiger charge is -2.31. The van der Waals surface area contributed by atoms with Gasteiger partial charge < -0.3 is 15.0 Å². The highest BCUT2D eigenvalue weighted by Crippen LogP contribution is 2.19. The molecule has 1 N–H and O–H groups in total. The van der Waals surface area contributed by atoms with Gasteiger partial charge in [0.1, 0.15) is 0 Å². The number of esters is 1. The van der Waals surface area contributed by atoms with Crippen molar-refractivity contribution in [3.8, 4) is 0 Å². The number of ether oxygens (including phenoxy) is 1. The number of thiazole rings is 1. The molecule has 1 aromatic heterocycles. The van der Waals surface area contributed by atoms with Gasteiger partial charge in [-0.05, 0) is 25.7 Å². The average molecular weight is 337 g/mol. The molecule has 1 aliphatic heterocycles. The summed E-state index contributed by atoms with van der Waals surface area (Å²) in [5.74, 6) is -0.0574. The van der Waals surface area contributed by atoms with Gasteiger partial charge >= 0.3 is 5.97 Å². The molecule has 2 rings (SSSR count). The predicted molar refractivity (Wildman–Crippen MR) is 90.7 cm³/mol. The van der Waals surface area contributed by atoms with E-state index in [4.69, 9.17) is 4.74 Å². The molecule has 1 fully saturated rings. The van der Waals surface area contributed by atoms with Gasteiger partial charge in [0.15, 0.2) is 16.9 Å². The zero-order valence-electron chi connectivity index (χ0n) is 13.6. The molecule has 6 nitrogen and oxygen atoms in total. The molecule has 1 saturated heterocycles. The molecule has 1 amide bonds. The first-order chi connectivity index (χ1) is 11.0. The number of nitrogens with zero attached hydrogens (tertiary/aromatic N) is 2. The molecular formula is C16H23N3O3S. The Bertz CT molecular complexity index is 565. The molecule has 2 heterocycles. The van der Waals surface area contributed by atoms with Gasteiger partial charge in [-0.15, -0.1) is 17.9 Å². The molecule has 1 aromatic rings. The Morgan fingerprint density at radius 3 is 2.91 bits per heavy atom. The fourth-order valence-corrected chi connectivity index (χ4v) is 3.06. The normalized spacial score (nSPS) is 16.7. The second kappa shape index (κ2) is 8.10. The minimum atomic E-state index is -0.790. The zero-order chi connectivity index (χ0) is 16.8. The number of aromatic nitrogens is 1. The van der Waals surface area contributed by atoms with E-state index in [1.165, 1.54) is 11.3 Å². The summed E-state index contributed by atoms with van der Waals surface area (Å²) in [7, 11) is 0. The molecule has 0 bridgehead atoms. The molecule has 0 aromatic carbocycles. The number of rotatable bonds is 6. The summed E-state index contributed by atoms with van der Waals surface area (Å²) in [6, 6.07) is 0. The van der Waals surface area contributed by atoms with E-state index in [2.05, 4.69) is 23.8 Å². The van der Waals surface area contributed by atoms with Crippen molar-refractivity contribution in [2.45, 2.75) is 32.8 Å². The van der Waals surface area contributed by atoms with Crippen molar-refractivity contribution >= 4 is 28.3 Å². The average Bonchev–Trinajstić information content (AvgIpc) is 3.02. The minimum Gasteiger partial charge on any atom is -0.448 e. The fourth-order valence-electron chi connectivity index (χ4n) is 2.37. The minimum absolute atomic E-state index is 0.134. The fraction of sp³-hybridized carbons (Fsp3) is 0.562. The lowest BCUT2D eigenvalue weighted by atomic mass is 9.99. The first kappa shape index (κ1) is 17.5. The smallest absolute Gasteiger partial charge is 0.358 e. The maximum atomic E-state index is 12.3. The number of nitrogens with one attached hydrogen (secondary N) is 1. The molecule has 0 unspecified atom stereocenters. The Balaban J connectivity index is 1.87. The second-order valence-electron chi connectivity index (χ2n) is 5.76. The van der Waals surface area contributed by atoms with Gasteiger partial charge in [-0.3, -0.25) is 4.79 Å². The van der Waals surface area contributed by atoms with Crippen molar-refractivity contribution in [2.75, 3.05) is 25.0 Å². The maximum Gasteiger partial charge on any atom is 0.358 e. The summed E-state index contributed by atoms with van der Waals surface area (Å²) in [5.41, 5.74) is 0.216. The highest BCUT2D eigenvalue weighted by Gasteiger charge is 2.27. The molecule has 0 aliphatic carbocycles. The van der Waals surface area contributed by atoms with Crippen LogP contribution in [-0.4, -0.2) is 47.5 Å². The number of carbonyl (C=O) groups is 2. The molecule has 0 spiro atoms. The van der Waals surface area contributed by atoms with Crippen molar-refractivity contribution in [3.05, 3.63) is 23.7 Å².